The minimum atomic E-state index is -4.67. The lowest BCUT2D eigenvalue weighted by Gasteiger charge is -2.34. The predicted octanol–water partition coefficient (Wildman–Crippen LogP) is 5.04. The van der Waals surface area contributed by atoms with Gasteiger partial charge in [0, 0.05) is 49.5 Å². The summed E-state index contributed by atoms with van der Waals surface area (Å²) in [5.41, 5.74) is -0.421. The van der Waals surface area contributed by atoms with Gasteiger partial charge < -0.3 is 24.6 Å². The number of carbonyl (C=O) groups excluding carboxylic acids is 2. The lowest BCUT2D eigenvalue weighted by atomic mass is 10.1. The first kappa shape index (κ1) is 31.5. The maximum absolute atomic E-state index is 13.6. The number of piperazine rings is 1. The van der Waals surface area contributed by atoms with Gasteiger partial charge in [-0.05, 0) is 49.4 Å². The summed E-state index contributed by atoms with van der Waals surface area (Å²) in [6.45, 7) is 2.96. The summed E-state index contributed by atoms with van der Waals surface area (Å²) in [4.78, 5) is 28.0. The number of nitrogens with one attached hydrogen (secondary N) is 2. The molecule has 1 heterocycles. The van der Waals surface area contributed by atoms with Crippen LogP contribution in [0.2, 0.25) is 0 Å². The topological polar surface area (TPSA) is 117 Å². The van der Waals surface area contributed by atoms with Crippen molar-refractivity contribution in [1.29, 1.82) is 0 Å². The van der Waals surface area contributed by atoms with Crippen LogP contribution in [0, 0.1) is 0 Å². The fraction of sp³-hybridized carbons (Fsp3) is 0.310. The van der Waals surface area contributed by atoms with Gasteiger partial charge in [-0.1, -0.05) is 24.3 Å². The Bertz CT molecular complexity index is 1570. The quantitative estimate of drug-likeness (QED) is 0.344. The number of halogens is 3. The molecular weight excluding hydrogens is 589 g/mol. The van der Waals surface area contributed by atoms with Crippen LogP contribution < -0.4 is 14.8 Å². The van der Waals surface area contributed by atoms with Gasteiger partial charge in [0.2, 0.25) is 0 Å². The third kappa shape index (κ3) is 7.69. The van der Waals surface area contributed by atoms with Crippen molar-refractivity contribution >= 4 is 33.4 Å². The zero-order chi connectivity index (χ0) is 31.2. The smallest absolute Gasteiger partial charge is 0.416 e. The van der Waals surface area contributed by atoms with E-state index < -0.39 is 33.8 Å². The second-order valence-corrected chi connectivity index (χ2v) is 11.2. The van der Waals surface area contributed by atoms with Gasteiger partial charge in [0.15, 0.2) is 0 Å². The van der Waals surface area contributed by atoms with Crippen LogP contribution in [-0.4, -0.2) is 70.1 Å². The molecule has 10 nitrogen and oxygen atoms in total. The van der Waals surface area contributed by atoms with Crippen LogP contribution in [0.1, 0.15) is 28.4 Å². The molecule has 14 heteroatoms. The van der Waals surface area contributed by atoms with Crippen molar-refractivity contribution < 1.29 is 40.7 Å². The van der Waals surface area contributed by atoms with Crippen molar-refractivity contribution in [1.82, 2.24) is 9.80 Å². The number of nitrogens with zero attached hydrogens (tertiary/aromatic N) is 2. The lowest BCUT2D eigenvalue weighted by Crippen LogP contribution is -2.50. The van der Waals surface area contributed by atoms with Crippen molar-refractivity contribution in [3.8, 4) is 5.75 Å². The summed E-state index contributed by atoms with van der Waals surface area (Å²) in [6, 6.07) is 15.0. The molecule has 0 saturated carbocycles. The van der Waals surface area contributed by atoms with E-state index in [1.165, 1.54) is 41.2 Å². The predicted molar refractivity (Wildman–Crippen MR) is 154 cm³/mol. The molecule has 230 valence electrons. The van der Waals surface area contributed by atoms with E-state index in [9.17, 15) is 31.2 Å². The zero-order valence-corrected chi connectivity index (χ0v) is 24.3. The summed E-state index contributed by atoms with van der Waals surface area (Å²) in [5.74, 6) is 0.102. The first-order chi connectivity index (χ1) is 20.4. The maximum atomic E-state index is 13.6. The van der Waals surface area contributed by atoms with Gasteiger partial charge in [-0.25, -0.2) is 13.2 Å². The molecule has 1 fully saturated rings. The minimum Gasteiger partial charge on any atom is -0.496 e. The minimum absolute atomic E-state index is 0.0526. The number of alkyl halides is 3. The number of hydrogen-bond donors (Lipinski definition) is 2. The molecule has 1 aliphatic heterocycles. The fourth-order valence-electron chi connectivity index (χ4n) is 4.52. The number of benzene rings is 3. The van der Waals surface area contributed by atoms with Crippen molar-refractivity contribution in [3.63, 3.8) is 0 Å². The molecule has 3 aromatic rings. The Morgan fingerprint density at radius 1 is 0.930 bits per heavy atom. The number of rotatable bonds is 9. The van der Waals surface area contributed by atoms with E-state index in [-0.39, 0.29) is 61.2 Å². The van der Waals surface area contributed by atoms with Gasteiger partial charge in [0.1, 0.15) is 10.6 Å². The van der Waals surface area contributed by atoms with Crippen LogP contribution in [0.25, 0.3) is 0 Å². The molecule has 0 unspecified atom stereocenters. The number of carbonyl (C=O) groups is 2. The second-order valence-electron chi connectivity index (χ2n) is 9.54. The molecule has 0 atom stereocenters. The van der Waals surface area contributed by atoms with Crippen molar-refractivity contribution in [2.75, 3.05) is 49.9 Å². The number of amides is 2. The number of methoxy groups -OCH3 is 1. The largest absolute Gasteiger partial charge is 0.496 e. The Hall–Kier alpha value is -4.46. The molecule has 1 aliphatic rings. The van der Waals surface area contributed by atoms with Crippen molar-refractivity contribution in [3.05, 3.63) is 83.4 Å². The third-order valence-electron chi connectivity index (χ3n) is 6.71. The second kappa shape index (κ2) is 13.2. The molecule has 3 aromatic carbocycles. The normalized spacial score (nSPS) is 13.8. The van der Waals surface area contributed by atoms with E-state index in [0.717, 1.165) is 17.7 Å². The van der Waals surface area contributed by atoms with Crippen LogP contribution in [0.4, 0.5) is 29.3 Å². The lowest BCUT2D eigenvalue weighted by molar-refractivity contribution is -0.137. The van der Waals surface area contributed by atoms with E-state index in [0.29, 0.717) is 11.8 Å². The number of anilines is 2. The van der Waals surface area contributed by atoms with Crippen molar-refractivity contribution in [2.24, 2.45) is 0 Å². The van der Waals surface area contributed by atoms with Gasteiger partial charge in [-0.15, -0.1) is 0 Å². The Labute approximate surface area is 247 Å². The van der Waals surface area contributed by atoms with Crippen LogP contribution in [0.3, 0.4) is 0 Å². The first-order valence-corrected chi connectivity index (χ1v) is 14.8. The van der Waals surface area contributed by atoms with Crippen LogP contribution in [0.5, 0.6) is 5.75 Å². The summed E-state index contributed by atoms with van der Waals surface area (Å²) >= 11 is 0. The van der Waals surface area contributed by atoms with Gasteiger partial charge >= 0.3 is 12.3 Å². The molecule has 0 aliphatic carbocycles. The van der Waals surface area contributed by atoms with E-state index >= 15 is 0 Å². The number of hydrogen-bond acceptors (Lipinski definition) is 7. The molecule has 0 spiro atoms. The summed E-state index contributed by atoms with van der Waals surface area (Å²) in [6.07, 6.45) is -5.15. The number of para-hydroxylation sites is 1. The van der Waals surface area contributed by atoms with Gasteiger partial charge in [-0.2, -0.15) is 13.2 Å². The molecule has 4 rings (SSSR count). The Morgan fingerprint density at radius 2 is 1.63 bits per heavy atom. The summed E-state index contributed by atoms with van der Waals surface area (Å²) < 4.78 is 79.6. The van der Waals surface area contributed by atoms with E-state index in [1.54, 1.807) is 31.2 Å². The molecule has 43 heavy (non-hydrogen) atoms. The van der Waals surface area contributed by atoms with E-state index in [1.807, 2.05) is 0 Å². The fourth-order valence-corrected chi connectivity index (χ4v) is 5.78. The molecular formula is C29H31F3N4O6S. The van der Waals surface area contributed by atoms with Gasteiger partial charge in [0.25, 0.3) is 15.9 Å². The average Bonchev–Trinajstić information content (AvgIpc) is 2.99. The SMILES string of the molecule is CCOC(=O)N1CCN(C(=O)c2ccc(NCc3ccccc3OC)c(S(=O)(=O)Nc3cccc(C(F)(F)F)c3)c2)CC1. The van der Waals surface area contributed by atoms with Crippen LogP contribution in [-0.2, 0) is 27.5 Å². The van der Waals surface area contributed by atoms with Crippen LogP contribution in [0.15, 0.2) is 71.6 Å². The monoisotopic (exact) mass is 620 g/mol. The van der Waals surface area contributed by atoms with Gasteiger partial charge in [-0.3, -0.25) is 9.52 Å². The number of sulfonamides is 1. The van der Waals surface area contributed by atoms with E-state index in [4.69, 9.17) is 9.47 Å². The molecule has 0 radical (unpaired) electrons. The maximum Gasteiger partial charge on any atom is 0.416 e. The highest BCUT2D eigenvalue weighted by atomic mass is 32.2. The highest BCUT2D eigenvalue weighted by Gasteiger charge is 2.31. The summed E-state index contributed by atoms with van der Waals surface area (Å²) in [7, 11) is -2.99. The van der Waals surface area contributed by atoms with Crippen molar-refractivity contribution in [2.45, 2.75) is 24.5 Å². The first-order valence-electron chi connectivity index (χ1n) is 13.3. The Balaban J connectivity index is 1.64. The van der Waals surface area contributed by atoms with Crippen LogP contribution >= 0.6 is 0 Å². The van der Waals surface area contributed by atoms with E-state index in [2.05, 4.69) is 10.0 Å². The Kier molecular flexibility index (Phi) is 9.69. The molecule has 0 bridgehead atoms. The average molecular weight is 621 g/mol. The zero-order valence-electron chi connectivity index (χ0n) is 23.5. The van der Waals surface area contributed by atoms with Gasteiger partial charge in [0.05, 0.1) is 25.0 Å². The summed E-state index contributed by atoms with van der Waals surface area (Å²) in [5, 5.41) is 3.05. The molecule has 0 aromatic heterocycles. The Morgan fingerprint density at radius 3 is 2.30 bits per heavy atom. The highest BCUT2D eigenvalue weighted by molar-refractivity contribution is 7.92. The number of ether oxygens (including phenoxy) is 2. The molecule has 2 N–H and O–H groups in total. The molecule has 1 saturated heterocycles. The molecule has 2 amide bonds. The standard InChI is InChI=1S/C29H31F3N4O6S/c1-3-42-28(38)36-15-13-35(14-16-36)27(37)20-11-12-24(33-19-21-7-4-5-10-25(21)41-2)26(17-20)43(39,40)34-23-9-6-8-22(18-23)29(30,31)32/h4-12,17-18,33-34H,3,13-16,19H2,1-2H3. The third-order valence-corrected chi connectivity index (χ3v) is 8.14. The highest BCUT2D eigenvalue weighted by Crippen LogP contribution is 2.32.